The maximum Gasteiger partial charge on any atom is 3.00 e. The topological polar surface area (TPSA) is 86.2 Å². The molecule has 2 radical (unpaired) electrons. The fraction of sp³-hybridized carbons (Fsp3) is 0.600. The quantitative estimate of drug-likeness (QED) is 0.265. The first kappa shape index (κ1) is 28.8. The number of benzene rings is 1. The van der Waals surface area contributed by atoms with Gasteiger partial charge in [0.2, 0.25) is 0 Å². The molecule has 0 spiro atoms. The average molecular weight is 587 g/mol. The fourth-order valence-corrected chi connectivity index (χ4v) is 1.87. The zero-order valence-corrected chi connectivity index (χ0v) is 20.4. The molecule has 0 amide bonds. The molecular weight excluding hydrogens is 564 g/mol. The molecule has 4 nitrogen and oxygen atoms in total. The van der Waals surface area contributed by atoms with E-state index in [0.717, 1.165) is 0 Å². The third-order valence-corrected chi connectivity index (χ3v) is 2.86. The second kappa shape index (κ2) is 19.4. The van der Waals surface area contributed by atoms with Gasteiger partial charge in [-0.2, -0.15) is 43.7 Å². The molecule has 0 heterocycles. The van der Waals surface area contributed by atoms with Gasteiger partial charge in [0.15, 0.2) is 0 Å². The van der Waals surface area contributed by atoms with E-state index in [1.165, 1.54) is 56.9 Å². The first-order valence-corrected chi connectivity index (χ1v) is 8.57. The summed E-state index contributed by atoms with van der Waals surface area (Å²) in [5.41, 5.74) is 1.46. The molecular formula is C15H23Nd2O4P+2. The van der Waals surface area contributed by atoms with Crippen molar-refractivity contribution in [3.63, 3.8) is 0 Å². The van der Waals surface area contributed by atoms with Crippen molar-refractivity contribution >= 4 is 7.82 Å². The van der Waals surface area contributed by atoms with E-state index in [-0.39, 0.29) is 81.7 Å². The third kappa shape index (κ3) is 26.9. The van der Waals surface area contributed by atoms with Crippen LogP contribution in [-0.2, 0) is 11.0 Å². The van der Waals surface area contributed by atoms with Crippen molar-refractivity contribution in [1.82, 2.24) is 0 Å². The van der Waals surface area contributed by atoms with E-state index >= 15 is 0 Å². The Morgan fingerprint density at radius 1 is 0.909 bits per heavy atom. The number of unbranched alkanes of at least 4 members (excludes halogenated alkanes) is 6. The number of aryl methyl sites for hydroxylation is 1. The Morgan fingerprint density at radius 3 is 1.77 bits per heavy atom. The molecule has 7 heteroatoms. The minimum Gasteiger partial charge on any atom is -0.822 e. The predicted octanol–water partition coefficient (Wildman–Crippen LogP) is 1.96. The van der Waals surface area contributed by atoms with Gasteiger partial charge < -0.3 is 19.2 Å². The Balaban J connectivity index is -0.000000452. The van der Waals surface area contributed by atoms with Crippen LogP contribution in [0.5, 0.6) is 0 Å². The van der Waals surface area contributed by atoms with E-state index in [0.29, 0.717) is 0 Å². The van der Waals surface area contributed by atoms with Crippen LogP contribution in [0.4, 0.5) is 0 Å². The summed E-state index contributed by atoms with van der Waals surface area (Å²) in [6, 6.07) is 11.4. The minimum absolute atomic E-state index is 0. The molecule has 0 fully saturated rings. The van der Waals surface area contributed by atoms with Crippen LogP contribution in [0.3, 0.4) is 0 Å². The zero-order chi connectivity index (χ0) is 15.3. The summed E-state index contributed by atoms with van der Waals surface area (Å²) in [5.74, 6) is 0. The van der Waals surface area contributed by atoms with Crippen molar-refractivity contribution in [2.75, 3.05) is 0 Å². The van der Waals surface area contributed by atoms with Gasteiger partial charge in [0.1, 0.15) is 0 Å². The van der Waals surface area contributed by atoms with Crippen LogP contribution in [0.15, 0.2) is 24.3 Å². The van der Waals surface area contributed by atoms with Crippen LogP contribution in [0.1, 0.15) is 57.4 Å². The average Bonchev–Trinajstić information content (AvgIpc) is 2.37. The van der Waals surface area contributed by atoms with Crippen LogP contribution >= 0.6 is 7.82 Å². The van der Waals surface area contributed by atoms with Gasteiger partial charge in [-0.3, -0.25) is 0 Å². The van der Waals surface area contributed by atoms with Crippen molar-refractivity contribution < 1.29 is 101 Å². The largest absolute Gasteiger partial charge is 3.00 e. The molecule has 22 heavy (non-hydrogen) atoms. The van der Waals surface area contributed by atoms with Gasteiger partial charge in [-0.25, -0.2) is 0 Å². The van der Waals surface area contributed by atoms with Crippen LogP contribution in [0.25, 0.3) is 0 Å². The summed E-state index contributed by atoms with van der Waals surface area (Å²) < 4.78 is 8.55. The monoisotopic (exact) mass is 582 g/mol. The summed E-state index contributed by atoms with van der Waals surface area (Å²) in [7, 11) is -5.39. The Hall–Kier alpha value is 2.03. The molecule has 0 aliphatic heterocycles. The van der Waals surface area contributed by atoms with E-state index in [1.807, 2.05) is 12.1 Å². The molecule has 0 unspecified atom stereocenters. The maximum absolute atomic E-state index is 8.55. The molecule has 0 N–H and O–H groups in total. The van der Waals surface area contributed by atoms with E-state index in [1.54, 1.807) is 0 Å². The van der Waals surface area contributed by atoms with Crippen molar-refractivity contribution in [3.8, 4) is 0 Å². The third-order valence-electron chi connectivity index (χ3n) is 2.86. The zero-order valence-electron chi connectivity index (χ0n) is 13.0. The van der Waals surface area contributed by atoms with Crippen molar-refractivity contribution in [2.24, 2.45) is 0 Å². The Bertz CT molecular complexity index is 363. The first-order valence-electron chi connectivity index (χ1n) is 7.11. The normalized spacial score (nSPS) is 9.82. The summed E-state index contributed by atoms with van der Waals surface area (Å²) >= 11 is 0. The van der Waals surface area contributed by atoms with E-state index in [4.69, 9.17) is 19.2 Å². The van der Waals surface area contributed by atoms with Gasteiger partial charge in [-0.15, -0.1) is 0 Å². The molecule has 0 atom stereocenters. The Labute approximate surface area is 200 Å². The van der Waals surface area contributed by atoms with Crippen LogP contribution in [0, 0.1) is 87.7 Å². The van der Waals surface area contributed by atoms with Crippen molar-refractivity contribution in [3.05, 3.63) is 35.9 Å². The second-order valence-electron chi connectivity index (χ2n) is 4.73. The Kier molecular flexibility index (Phi) is 25.4. The van der Waals surface area contributed by atoms with Gasteiger partial charge in [0, 0.05) is 0 Å². The minimum atomic E-state index is -5.39. The van der Waals surface area contributed by atoms with Crippen LogP contribution < -0.4 is 14.7 Å². The van der Waals surface area contributed by atoms with Gasteiger partial charge in [-0.05, 0) is 0 Å². The standard InChI is InChI=1S/C15H23.2Nd.H3O4P/c1-2-3-4-5-6-7-9-12-15-13-10-8-11-14-15;;;1-5(2,3)4/h10-11,13-14H,2-7,9,12H2,1H3;;;(H3,1,2,3,4)/q-1;2*+3;/p-3. The molecule has 0 aromatic heterocycles. The second-order valence-corrected chi connectivity index (χ2v) is 5.62. The van der Waals surface area contributed by atoms with Gasteiger partial charge >= 0.3 is 81.7 Å². The smallest absolute Gasteiger partial charge is 0.822 e. The molecule has 0 aliphatic carbocycles. The van der Waals surface area contributed by atoms with E-state index in [2.05, 4.69) is 25.1 Å². The van der Waals surface area contributed by atoms with Gasteiger partial charge in [0.25, 0.3) is 0 Å². The Morgan fingerprint density at radius 2 is 1.32 bits per heavy atom. The molecule has 1 rings (SSSR count). The summed E-state index contributed by atoms with van der Waals surface area (Å²) in [5, 5.41) is 0. The fourth-order valence-electron chi connectivity index (χ4n) is 1.87. The van der Waals surface area contributed by atoms with Crippen molar-refractivity contribution in [1.29, 1.82) is 0 Å². The number of phosphoric acid groups is 1. The van der Waals surface area contributed by atoms with Gasteiger partial charge in [-0.1, -0.05) is 58.3 Å². The van der Waals surface area contributed by atoms with Crippen molar-refractivity contribution in [2.45, 2.75) is 58.3 Å². The summed E-state index contributed by atoms with van der Waals surface area (Å²) in [4.78, 5) is 25.6. The number of hydrogen-bond donors (Lipinski definition) is 0. The molecule has 1 aromatic rings. The van der Waals surface area contributed by atoms with Crippen LogP contribution in [-0.4, -0.2) is 0 Å². The van der Waals surface area contributed by atoms with E-state index in [9.17, 15) is 0 Å². The maximum atomic E-state index is 8.55. The molecule has 118 valence electrons. The number of rotatable bonds is 8. The molecule has 0 bridgehead atoms. The SMILES string of the molecule is CCCCCCCCCc1cc[c-]cc1.O=P([O-])([O-])[O-].[Nd+3].[Nd+3]. The first-order chi connectivity index (χ1) is 9.43. The predicted molar refractivity (Wildman–Crippen MR) is 74.6 cm³/mol. The van der Waals surface area contributed by atoms with Crippen LogP contribution in [0.2, 0.25) is 0 Å². The molecule has 0 saturated carbocycles. The molecule has 0 aliphatic rings. The summed E-state index contributed by atoms with van der Waals surface area (Å²) in [6.45, 7) is 2.27. The molecule has 0 saturated heterocycles. The van der Waals surface area contributed by atoms with Gasteiger partial charge in [0.05, 0.1) is 0 Å². The molecule has 1 aromatic carbocycles. The summed E-state index contributed by atoms with van der Waals surface area (Å²) in [6.07, 6.45) is 11.0. The number of hydrogen-bond acceptors (Lipinski definition) is 4. The van der Waals surface area contributed by atoms with E-state index < -0.39 is 7.82 Å².